The van der Waals surface area contributed by atoms with E-state index in [1.807, 2.05) is 0 Å². The molecule has 0 saturated carbocycles. The van der Waals surface area contributed by atoms with Gasteiger partial charge >= 0.3 is 0 Å². The summed E-state index contributed by atoms with van der Waals surface area (Å²) < 4.78 is 0. The minimum Gasteiger partial charge on any atom is -0.315 e. The van der Waals surface area contributed by atoms with Gasteiger partial charge in [-0.15, -0.1) is 0 Å². The number of hydrogen-bond acceptors (Lipinski definition) is 3. The molecule has 2 aliphatic heterocycles. The molecule has 2 nitrogen and oxygen atoms in total. The van der Waals surface area contributed by atoms with Crippen molar-refractivity contribution >= 4 is 11.8 Å². The van der Waals surface area contributed by atoms with Crippen molar-refractivity contribution < 1.29 is 0 Å². The van der Waals surface area contributed by atoms with E-state index in [-0.39, 0.29) is 0 Å². The molecular weight excluding hydrogens is 204 g/mol. The van der Waals surface area contributed by atoms with Gasteiger partial charge in [-0.25, -0.2) is 0 Å². The summed E-state index contributed by atoms with van der Waals surface area (Å²) in [5.74, 6) is 1.34. The molecule has 88 valence electrons. The molecule has 1 N–H and O–H groups in total. The van der Waals surface area contributed by atoms with Crippen LogP contribution < -0.4 is 5.32 Å². The van der Waals surface area contributed by atoms with Crippen LogP contribution in [0.3, 0.4) is 0 Å². The Morgan fingerprint density at radius 2 is 2.33 bits per heavy atom. The van der Waals surface area contributed by atoms with Crippen molar-refractivity contribution in [1.29, 1.82) is 0 Å². The first-order chi connectivity index (χ1) is 7.40. The molecule has 0 aliphatic carbocycles. The minimum atomic E-state index is 0.822. The summed E-state index contributed by atoms with van der Waals surface area (Å²) in [7, 11) is 0. The number of hydrogen-bond donors (Lipinski definition) is 1. The monoisotopic (exact) mass is 228 g/mol. The Bertz CT molecular complexity index is 178. The van der Waals surface area contributed by atoms with Gasteiger partial charge in [0.25, 0.3) is 0 Å². The molecule has 2 aliphatic rings. The summed E-state index contributed by atoms with van der Waals surface area (Å²) in [5.41, 5.74) is 0. The Balaban J connectivity index is 1.84. The molecule has 2 rings (SSSR count). The third-order valence-electron chi connectivity index (χ3n) is 3.66. The Kier molecular flexibility index (Phi) is 4.79. The van der Waals surface area contributed by atoms with Crippen molar-refractivity contribution in [3.05, 3.63) is 0 Å². The van der Waals surface area contributed by atoms with Gasteiger partial charge in [-0.1, -0.05) is 13.3 Å². The number of nitrogens with zero attached hydrogens (tertiary/aromatic N) is 1. The van der Waals surface area contributed by atoms with E-state index in [0.717, 1.165) is 11.3 Å². The third-order valence-corrected chi connectivity index (χ3v) is 5.03. The van der Waals surface area contributed by atoms with Crippen molar-refractivity contribution in [2.75, 3.05) is 31.9 Å². The van der Waals surface area contributed by atoms with Gasteiger partial charge in [-0.2, -0.15) is 11.8 Å². The van der Waals surface area contributed by atoms with E-state index < -0.39 is 0 Å². The lowest BCUT2D eigenvalue weighted by atomic mass is 10.1. The van der Waals surface area contributed by atoms with E-state index in [0.29, 0.717) is 0 Å². The fraction of sp³-hybridized carbons (Fsp3) is 1.00. The maximum Gasteiger partial charge on any atom is 0.0221 e. The van der Waals surface area contributed by atoms with Crippen LogP contribution in [0, 0.1) is 0 Å². The largest absolute Gasteiger partial charge is 0.315 e. The molecule has 2 saturated heterocycles. The van der Waals surface area contributed by atoms with Crippen LogP contribution >= 0.6 is 11.8 Å². The van der Waals surface area contributed by atoms with Gasteiger partial charge in [-0.3, -0.25) is 4.90 Å². The second kappa shape index (κ2) is 6.12. The van der Waals surface area contributed by atoms with Gasteiger partial charge in [0.15, 0.2) is 0 Å². The van der Waals surface area contributed by atoms with E-state index in [9.17, 15) is 0 Å². The molecule has 0 spiro atoms. The highest BCUT2D eigenvalue weighted by Crippen LogP contribution is 2.24. The van der Waals surface area contributed by atoms with E-state index in [4.69, 9.17) is 0 Å². The maximum absolute atomic E-state index is 3.58. The van der Waals surface area contributed by atoms with Gasteiger partial charge in [-0.05, 0) is 25.8 Å². The van der Waals surface area contributed by atoms with E-state index in [1.165, 1.54) is 57.6 Å². The molecule has 2 atom stereocenters. The lowest BCUT2D eigenvalue weighted by Crippen LogP contribution is -2.47. The highest BCUT2D eigenvalue weighted by molar-refractivity contribution is 8.00. The predicted molar refractivity (Wildman–Crippen MR) is 68.6 cm³/mol. The van der Waals surface area contributed by atoms with Gasteiger partial charge in [0.05, 0.1) is 0 Å². The fourth-order valence-electron chi connectivity index (χ4n) is 2.63. The van der Waals surface area contributed by atoms with E-state index >= 15 is 0 Å². The lowest BCUT2D eigenvalue weighted by Gasteiger charge is -2.37. The highest BCUT2D eigenvalue weighted by atomic mass is 32.2. The fourth-order valence-corrected chi connectivity index (χ4v) is 3.84. The van der Waals surface area contributed by atoms with Crippen LogP contribution in [0.1, 0.15) is 32.6 Å². The lowest BCUT2D eigenvalue weighted by molar-refractivity contribution is 0.192. The van der Waals surface area contributed by atoms with Crippen molar-refractivity contribution in [2.45, 2.75) is 43.9 Å². The minimum absolute atomic E-state index is 0.822. The van der Waals surface area contributed by atoms with Gasteiger partial charge < -0.3 is 5.32 Å². The van der Waals surface area contributed by atoms with Crippen molar-refractivity contribution in [2.24, 2.45) is 0 Å². The molecule has 2 fully saturated rings. The summed E-state index contributed by atoms with van der Waals surface area (Å²) in [5, 5.41) is 4.47. The van der Waals surface area contributed by atoms with Crippen LogP contribution in [0.15, 0.2) is 0 Å². The summed E-state index contributed by atoms with van der Waals surface area (Å²) in [4.78, 5) is 2.74. The quantitative estimate of drug-likeness (QED) is 0.778. The van der Waals surface area contributed by atoms with Crippen LogP contribution in [0.5, 0.6) is 0 Å². The molecular formula is C12H24N2S. The second-order valence-corrected chi connectivity index (χ2v) is 6.16. The molecule has 2 heterocycles. The maximum atomic E-state index is 3.58. The average Bonchev–Trinajstić information content (AvgIpc) is 2.58. The van der Waals surface area contributed by atoms with Gasteiger partial charge in [0, 0.05) is 36.7 Å². The smallest absolute Gasteiger partial charge is 0.0221 e. The predicted octanol–water partition coefficient (Wildman–Crippen LogP) is 1.96. The first kappa shape index (κ1) is 11.7. The van der Waals surface area contributed by atoms with E-state index in [1.54, 1.807) is 0 Å². The molecule has 0 aromatic rings. The SMILES string of the molecule is CCC1CN(C2CCCCNC2)CCS1. The molecule has 15 heavy (non-hydrogen) atoms. The molecule has 0 aromatic carbocycles. The number of rotatable bonds is 2. The van der Waals surface area contributed by atoms with Crippen LogP contribution in [0.4, 0.5) is 0 Å². The Labute approximate surface area is 98.2 Å². The Morgan fingerprint density at radius 1 is 1.40 bits per heavy atom. The van der Waals surface area contributed by atoms with E-state index in [2.05, 4.69) is 28.9 Å². The molecule has 3 heteroatoms. The van der Waals surface area contributed by atoms with Crippen LogP contribution in [0.2, 0.25) is 0 Å². The Morgan fingerprint density at radius 3 is 3.20 bits per heavy atom. The van der Waals surface area contributed by atoms with Crippen LogP contribution in [0.25, 0.3) is 0 Å². The van der Waals surface area contributed by atoms with Gasteiger partial charge in [0.2, 0.25) is 0 Å². The normalized spacial score (nSPS) is 35.0. The first-order valence-electron chi connectivity index (χ1n) is 6.46. The molecule has 0 radical (unpaired) electrons. The van der Waals surface area contributed by atoms with Crippen molar-refractivity contribution in [3.63, 3.8) is 0 Å². The topological polar surface area (TPSA) is 15.3 Å². The standard InChI is InChI=1S/C12H24N2S/c1-2-12-10-14(7-8-15-12)11-5-3-4-6-13-9-11/h11-13H,2-10H2,1H3. The molecule has 0 amide bonds. The Hall–Kier alpha value is 0.270. The zero-order valence-electron chi connectivity index (χ0n) is 9.87. The zero-order chi connectivity index (χ0) is 10.5. The third kappa shape index (κ3) is 3.36. The van der Waals surface area contributed by atoms with Crippen molar-refractivity contribution in [3.8, 4) is 0 Å². The number of nitrogens with one attached hydrogen (secondary N) is 1. The average molecular weight is 228 g/mol. The summed E-state index contributed by atoms with van der Waals surface area (Å²) in [6.07, 6.45) is 5.53. The van der Waals surface area contributed by atoms with Crippen LogP contribution in [-0.2, 0) is 0 Å². The summed E-state index contributed by atoms with van der Waals surface area (Å²) in [6.45, 7) is 7.42. The molecule has 0 aromatic heterocycles. The molecule has 0 bridgehead atoms. The van der Waals surface area contributed by atoms with Crippen molar-refractivity contribution in [1.82, 2.24) is 10.2 Å². The number of thioether (sulfide) groups is 1. The van der Waals surface area contributed by atoms with Crippen LogP contribution in [-0.4, -0.2) is 48.1 Å². The van der Waals surface area contributed by atoms with Gasteiger partial charge in [0.1, 0.15) is 0 Å². The summed E-state index contributed by atoms with van der Waals surface area (Å²) in [6, 6.07) is 0.822. The highest BCUT2D eigenvalue weighted by Gasteiger charge is 2.25. The first-order valence-corrected chi connectivity index (χ1v) is 7.51. The zero-order valence-corrected chi connectivity index (χ0v) is 10.7. The summed E-state index contributed by atoms with van der Waals surface area (Å²) >= 11 is 2.17. The second-order valence-electron chi connectivity index (χ2n) is 4.75. The molecule has 2 unspecified atom stereocenters.